The summed E-state index contributed by atoms with van der Waals surface area (Å²) in [6.45, 7) is 1.36. The molecule has 1 aromatic carbocycles. The molecule has 0 N–H and O–H groups in total. The van der Waals surface area contributed by atoms with Crippen molar-refractivity contribution in [2.24, 2.45) is 0 Å². The third-order valence-electron chi connectivity index (χ3n) is 3.38. The second-order valence-electron chi connectivity index (χ2n) is 4.89. The minimum absolute atomic E-state index is 0.0277. The van der Waals surface area contributed by atoms with Gasteiger partial charge in [-0.15, -0.1) is 0 Å². The molecule has 0 amide bonds. The number of ether oxygens (including phenoxy) is 2. The standard InChI is InChI=1S/C14H14F2O2/c1-7(2)8-3-5-10(18-14(15)16)12-9(8)4-6-11-13(12)17-11/h3-7,11,13-14H,1-2H3/t11?,13-/m1/s1. The summed E-state index contributed by atoms with van der Waals surface area (Å²) in [6, 6.07) is 3.48. The maximum absolute atomic E-state index is 12.4. The molecule has 0 bridgehead atoms. The quantitative estimate of drug-likeness (QED) is 0.761. The highest BCUT2D eigenvalue weighted by atomic mass is 19.3. The molecule has 2 nitrogen and oxygen atoms in total. The molecule has 18 heavy (non-hydrogen) atoms. The third kappa shape index (κ3) is 1.81. The van der Waals surface area contributed by atoms with Gasteiger partial charge < -0.3 is 9.47 Å². The van der Waals surface area contributed by atoms with E-state index < -0.39 is 6.61 Å². The molecule has 2 aliphatic rings. The van der Waals surface area contributed by atoms with Crippen LogP contribution in [0.25, 0.3) is 6.08 Å². The minimum atomic E-state index is -2.80. The van der Waals surface area contributed by atoms with Crippen LogP contribution in [-0.2, 0) is 4.74 Å². The molecular weight excluding hydrogens is 238 g/mol. The Morgan fingerprint density at radius 1 is 1.28 bits per heavy atom. The van der Waals surface area contributed by atoms with Gasteiger partial charge in [0.15, 0.2) is 0 Å². The van der Waals surface area contributed by atoms with Gasteiger partial charge in [0, 0.05) is 5.56 Å². The zero-order chi connectivity index (χ0) is 12.9. The van der Waals surface area contributed by atoms with Crippen LogP contribution < -0.4 is 4.74 Å². The fourth-order valence-corrected chi connectivity index (χ4v) is 2.51. The van der Waals surface area contributed by atoms with Crippen molar-refractivity contribution in [3.8, 4) is 5.75 Å². The highest BCUT2D eigenvalue weighted by Crippen LogP contribution is 2.50. The Kier molecular flexibility index (Phi) is 2.63. The van der Waals surface area contributed by atoms with Gasteiger partial charge in [-0.05, 0) is 23.1 Å². The number of benzene rings is 1. The molecule has 0 radical (unpaired) electrons. The van der Waals surface area contributed by atoms with Crippen molar-refractivity contribution in [3.05, 3.63) is 34.9 Å². The molecule has 3 rings (SSSR count). The van der Waals surface area contributed by atoms with E-state index in [1.54, 1.807) is 6.07 Å². The summed E-state index contributed by atoms with van der Waals surface area (Å²) in [6.07, 6.45) is 3.85. The minimum Gasteiger partial charge on any atom is -0.434 e. The Morgan fingerprint density at radius 3 is 2.72 bits per heavy atom. The summed E-state index contributed by atoms with van der Waals surface area (Å²) in [5, 5.41) is 0. The fourth-order valence-electron chi connectivity index (χ4n) is 2.51. The van der Waals surface area contributed by atoms with E-state index in [2.05, 4.69) is 18.6 Å². The van der Waals surface area contributed by atoms with Gasteiger partial charge in [-0.25, -0.2) is 0 Å². The Morgan fingerprint density at radius 2 is 2.06 bits per heavy atom. The fraction of sp³-hybridized carbons (Fsp3) is 0.429. The van der Waals surface area contributed by atoms with Gasteiger partial charge in [-0.1, -0.05) is 32.1 Å². The Balaban J connectivity index is 2.11. The molecule has 0 spiro atoms. The van der Waals surface area contributed by atoms with Crippen LogP contribution >= 0.6 is 0 Å². The van der Waals surface area contributed by atoms with Crippen LogP contribution in [0.4, 0.5) is 8.78 Å². The van der Waals surface area contributed by atoms with Crippen molar-refractivity contribution in [1.82, 2.24) is 0 Å². The number of fused-ring (bicyclic) bond motifs is 3. The first-order valence-electron chi connectivity index (χ1n) is 6.03. The maximum atomic E-state index is 12.4. The van der Waals surface area contributed by atoms with Crippen molar-refractivity contribution in [2.75, 3.05) is 0 Å². The summed E-state index contributed by atoms with van der Waals surface area (Å²) < 4.78 is 34.9. The van der Waals surface area contributed by atoms with Crippen LogP contribution in [0.3, 0.4) is 0 Å². The highest BCUT2D eigenvalue weighted by Gasteiger charge is 2.44. The van der Waals surface area contributed by atoms with E-state index in [0.29, 0.717) is 5.92 Å². The number of hydrogen-bond donors (Lipinski definition) is 0. The van der Waals surface area contributed by atoms with Crippen molar-refractivity contribution in [2.45, 2.75) is 38.6 Å². The molecule has 1 aromatic rings. The Labute approximate surface area is 104 Å². The molecule has 0 aromatic heterocycles. The Bertz CT molecular complexity index is 509. The number of alkyl halides is 2. The zero-order valence-corrected chi connectivity index (χ0v) is 10.2. The average molecular weight is 252 g/mol. The van der Waals surface area contributed by atoms with E-state index in [-0.39, 0.29) is 18.0 Å². The Hall–Kier alpha value is -1.42. The first-order valence-corrected chi connectivity index (χ1v) is 6.03. The lowest BCUT2D eigenvalue weighted by atomic mass is 9.88. The second kappa shape index (κ2) is 4.05. The van der Waals surface area contributed by atoms with Crippen molar-refractivity contribution >= 4 is 6.08 Å². The maximum Gasteiger partial charge on any atom is 0.387 e. The molecule has 0 saturated carbocycles. The number of epoxide rings is 1. The van der Waals surface area contributed by atoms with Gasteiger partial charge in [-0.2, -0.15) is 8.78 Å². The van der Waals surface area contributed by atoms with E-state index in [0.717, 1.165) is 16.7 Å². The first-order chi connectivity index (χ1) is 8.58. The number of halogens is 2. The lowest BCUT2D eigenvalue weighted by Gasteiger charge is -2.19. The lowest BCUT2D eigenvalue weighted by Crippen LogP contribution is -2.09. The summed E-state index contributed by atoms with van der Waals surface area (Å²) in [5.74, 6) is 0.570. The summed E-state index contributed by atoms with van der Waals surface area (Å²) >= 11 is 0. The van der Waals surface area contributed by atoms with Crippen LogP contribution in [-0.4, -0.2) is 12.7 Å². The van der Waals surface area contributed by atoms with E-state index >= 15 is 0 Å². The van der Waals surface area contributed by atoms with Gasteiger partial charge in [0.05, 0.1) is 0 Å². The van der Waals surface area contributed by atoms with Crippen LogP contribution in [0.5, 0.6) is 5.75 Å². The molecule has 2 atom stereocenters. The normalized spacial score (nSPS) is 24.1. The second-order valence-corrected chi connectivity index (χ2v) is 4.89. The van der Waals surface area contributed by atoms with Crippen LogP contribution in [0.1, 0.15) is 42.6 Å². The molecule has 96 valence electrons. The predicted molar refractivity (Wildman–Crippen MR) is 63.8 cm³/mol. The average Bonchev–Trinajstić information content (AvgIpc) is 3.06. The first kappa shape index (κ1) is 11.7. The van der Waals surface area contributed by atoms with E-state index in [4.69, 9.17) is 4.74 Å². The van der Waals surface area contributed by atoms with Crippen LogP contribution in [0, 0.1) is 0 Å². The molecular formula is C14H14F2O2. The molecule has 1 aliphatic heterocycles. The lowest BCUT2D eigenvalue weighted by molar-refractivity contribution is -0.0506. The molecule has 1 heterocycles. The molecule has 1 fully saturated rings. The van der Waals surface area contributed by atoms with Gasteiger partial charge >= 0.3 is 6.61 Å². The van der Waals surface area contributed by atoms with Gasteiger partial charge in [0.25, 0.3) is 0 Å². The van der Waals surface area contributed by atoms with Gasteiger partial charge in [0.1, 0.15) is 18.0 Å². The smallest absolute Gasteiger partial charge is 0.387 e. The number of rotatable bonds is 3. The van der Waals surface area contributed by atoms with E-state index in [1.807, 2.05) is 18.2 Å². The summed E-state index contributed by atoms with van der Waals surface area (Å²) in [4.78, 5) is 0. The number of hydrogen-bond acceptors (Lipinski definition) is 2. The van der Waals surface area contributed by atoms with Crippen molar-refractivity contribution < 1.29 is 18.3 Å². The van der Waals surface area contributed by atoms with E-state index in [1.165, 1.54) is 0 Å². The molecule has 1 saturated heterocycles. The summed E-state index contributed by atoms with van der Waals surface area (Å²) in [7, 11) is 0. The van der Waals surface area contributed by atoms with Crippen molar-refractivity contribution in [1.29, 1.82) is 0 Å². The van der Waals surface area contributed by atoms with Crippen LogP contribution in [0.15, 0.2) is 18.2 Å². The molecule has 4 heteroatoms. The topological polar surface area (TPSA) is 21.8 Å². The summed E-state index contributed by atoms with van der Waals surface area (Å²) in [5.41, 5.74) is 2.88. The SMILES string of the molecule is CC(C)c1ccc(OC(F)F)c2c1C=CC1O[C@@H]21. The van der Waals surface area contributed by atoms with E-state index in [9.17, 15) is 8.78 Å². The molecule has 1 unspecified atom stereocenters. The third-order valence-corrected chi connectivity index (χ3v) is 3.38. The zero-order valence-electron chi connectivity index (χ0n) is 10.2. The van der Waals surface area contributed by atoms with Crippen molar-refractivity contribution in [3.63, 3.8) is 0 Å². The van der Waals surface area contributed by atoms with Gasteiger partial charge in [-0.3, -0.25) is 0 Å². The largest absolute Gasteiger partial charge is 0.434 e. The monoisotopic (exact) mass is 252 g/mol. The van der Waals surface area contributed by atoms with Crippen LogP contribution in [0.2, 0.25) is 0 Å². The molecule has 1 aliphatic carbocycles. The highest BCUT2D eigenvalue weighted by molar-refractivity contribution is 5.68. The van der Waals surface area contributed by atoms with Gasteiger partial charge in [0.2, 0.25) is 0 Å². The predicted octanol–water partition coefficient (Wildman–Crippen LogP) is 3.88.